The van der Waals surface area contributed by atoms with Crippen molar-refractivity contribution < 1.29 is 4.92 Å². The van der Waals surface area contributed by atoms with Gasteiger partial charge in [-0.15, -0.1) is 0 Å². The van der Waals surface area contributed by atoms with Crippen molar-refractivity contribution >= 4 is 5.82 Å². The fraction of sp³-hybridized carbons (Fsp3) is 0.700. The minimum Gasteiger partial charge on any atom is -0.358 e. The molecule has 16 heavy (non-hydrogen) atoms. The van der Waals surface area contributed by atoms with Gasteiger partial charge in [-0.2, -0.15) is 4.68 Å². The highest BCUT2D eigenvalue weighted by atomic mass is 16.6. The topological polar surface area (TPSA) is 73.0 Å². The van der Waals surface area contributed by atoms with Crippen LogP contribution in [0.5, 0.6) is 0 Å². The molecule has 6 heteroatoms. The van der Waals surface area contributed by atoms with E-state index in [4.69, 9.17) is 0 Å². The van der Waals surface area contributed by atoms with Crippen molar-refractivity contribution in [3.05, 3.63) is 21.9 Å². The molecule has 0 aromatic carbocycles. The van der Waals surface area contributed by atoms with E-state index in [1.54, 1.807) is 17.8 Å². The number of aromatic nitrogens is 2. The highest BCUT2D eigenvalue weighted by Crippen LogP contribution is 2.15. The highest BCUT2D eigenvalue weighted by molar-refractivity contribution is 5.28. The number of nitrogens with zero attached hydrogens (tertiary/aromatic N) is 3. The Morgan fingerprint density at radius 3 is 3.06 bits per heavy atom. The molecule has 2 rings (SSSR count). The average Bonchev–Trinajstić information content (AvgIpc) is 2.61. The molecule has 88 valence electrons. The molecule has 0 amide bonds. The van der Waals surface area contributed by atoms with E-state index in [-0.39, 0.29) is 5.82 Å². The van der Waals surface area contributed by atoms with Crippen molar-refractivity contribution in [2.45, 2.75) is 38.8 Å². The Bertz CT molecular complexity index is 382. The van der Waals surface area contributed by atoms with Crippen molar-refractivity contribution in [1.82, 2.24) is 15.1 Å². The number of hydrogen-bond acceptors (Lipinski definition) is 4. The molecular formula is C10H16N4O2. The number of aryl methyl sites for hydroxylation is 1. The van der Waals surface area contributed by atoms with Crippen LogP contribution in [0, 0.1) is 17.0 Å². The molecular weight excluding hydrogens is 208 g/mol. The summed E-state index contributed by atoms with van der Waals surface area (Å²) < 4.78 is 1.68. The summed E-state index contributed by atoms with van der Waals surface area (Å²) in [6.45, 7) is 3.47. The second-order valence-corrected chi connectivity index (χ2v) is 4.26. The van der Waals surface area contributed by atoms with E-state index in [9.17, 15) is 10.1 Å². The first-order valence-electron chi connectivity index (χ1n) is 5.58. The average molecular weight is 224 g/mol. The zero-order valence-corrected chi connectivity index (χ0v) is 9.35. The standard InChI is InChI=1S/C10H16N4O2/c1-8-6-13(12-10(8)14(15)16)7-9-4-2-3-5-11-9/h6,9,11H,2-5,7H2,1H3. The van der Waals surface area contributed by atoms with Gasteiger partial charge < -0.3 is 15.4 Å². The number of nitrogens with one attached hydrogen (secondary N) is 1. The van der Waals surface area contributed by atoms with Crippen LogP contribution in [0.3, 0.4) is 0 Å². The number of nitro groups is 1. The summed E-state index contributed by atoms with van der Waals surface area (Å²) in [5.41, 5.74) is 0.626. The molecule has 0 bridgehead atoms. The van der Waals surface area contributed by atoms with Crippen LogP contribution >= 0.6 is 0 Å². The molecule has 1 N–H and O–H groups in total. The van der Waals surface area contributed by atoms with Crippen LogP contribution in [0.4, 0.5) is 5.82 Å². The molecule has 6 nitrogen and oxygen atoms in total. The summed E-state index contributed by atoms with van der Waals surface area (Å²) in [4.78, 5) is 10.2. The Labute approximate surface area is 93.8 Å². The van der Waals surface area contributed by atoms with Gasteiger partial charge in [0.2, 0.25) is 0 Å². The van der Waals surface area contributed by atoms with Crippen molar-refractivity contribution in [1.29, 1.82) is 0 Å². The Kier molecular flexibility index (Phi) is 3.19. The van der Waals surface area contributed by atoms with Gasteiger partial charge in [0.25, 0.3) is 0 Å². The van der Waals surface area contributed by atoms with Gasteiger partial charge in [-0.3, -0.25) is 0 Å². The molecule has 1 aromatic heterocycles. The Balaban J connectivity index is 2.03. The van der Waals surface area contributed by atoms with E-state index in [2.05, 4.69) is 10.4 Å². The summed E-state index contributed by atoms with van der Waals surface area (Å²) in [5, 5.41) is 18.0. The van der Waals surface area contributed by atoms with E-state index in [1.165, 1.54) is 12.8 Å². The van der Waals surface area contributed by atoms with Crippen molar-refractivity contribution in [2.75, 3.05) is 6.54 Å². The lowest BCUT2D eigenvalue weighted by molar-refractivity contribution is -0.390. The Hall–Kier alpha value is -1.43. The maximum absolute atomic E-state index is 10.6. The van der Waals surface area contributed by atoms with Crippen LogP contribution in [-0.2, 0) is 6.54 Å². The molecule has 1 atom stereocenters. The molecule has 2 heterocycles. The van der Waals surface area contributed by atoms with Gasteiger partial charge in [0.1, 0.15) is 0 Å². The number of hydrogen-bond donors (Lipinski definition) is 1. The third kappa shape index (κ3) is 2.38. The molecule has 0 spiro atoms. The molecule has 1 unspecified atom stereocenters. The van der Waals surface area contributed by atoms with E-state index in [1.807, 2.05) is 0 Å². The smallest absolute Gasteiger partial charge is 0.358 e. The monoisotopic (exact) mass is 224 g/mol. The molecule has 1 saturated heterocycles. The number of piperidine rings is 1. The first-order valence-corrected chi connectivity index (χ1v) is 5.58. The van der Waals surface area contributed by atoms with Gasteiger partial charge >= 0.3 is 5.82 Å². The molecule has 0 saturated carbocycles. The summed E-state index contributed by atoms with van der Waals surface area (Å²) >= 11 is 0. The lowest BCUT2D eigenvalue weighted by atomic mass is 10.1. The Morgan fingerprint density at radius 1 is 1.69 bits per heavy atom. The predicted molar refractivity (Wildman–Crippen MR) is 59.3 cm³/mol. The minimum absolute atomic E-state index is 0.0317. The molecule has 1 aromatic rings. The summed E-state index contributed by atoms with van der Waals surface area (Å²) in [7, 11) is 0. The van der Waals surface area contributed by atoms with Crippen molar-refractivity contribution in [3.63, 3.8) is 0 Å². The van der Waals surface area contributed by atoms with Crippen molar-refractivity contribution in [2.24, 2.45) is 0 Å². The first kappa shape index (κ1) is 11.1. The molecule has 0 aliphatic carbocycles. The van der Waals surface area contributed by atoms with Crippen LogP contribution in [0.1, 0.15) is 24.8 Å². The normalized spacial score (nSPS) is 20.9. The lowest BCUT2D eigenvalue weighted by Crippen LogP contribution is -2.37. The molecule has 0 radical (unpaired) electrons. The predicted octanol–water partition coefficient (Wildman–Crippen LogP) is 1.24. The van der Waals surface area contributed by atoms with Crippen LogP contribution in [0.15, 0.2) is 6.20 Å². The summed E-state index contributed by atoms with van der Waals surface area (Å²) in [6.07, 6.45) is 5.30. The fourth-order valence-corrected chi connectivity index (χ4v) is 2.09. The largest absolute Gasteiger partial charge is 0.392 e. The van der Waals surface area contributed by atoms with Gasteiger partial charge in [-0.1, -0.05) is 6.42 Å². The van der Waals surface area contributed by atoms with E-state index >= 15 is 0 Å². The van der Waals surface area contributed by atoms with Crippen molar-refractivity contribution in [3.8, 4) is 0 Å². The van der Waals surface area contributed by atoms with Gasteiger partial charge in [0.15, 0.2) is 0 Å². The summed E-state index contributed by atoms with van der Waals surface area (Å²) in [6, 6.07) is 0.396. The third-order valence-electron chi connectivity index (χ3n) is 2.91. The summed E-state index contributed by atoms with van der Waals surface area (Å²) in [5.74, 6) is -0.0317. The lowest BCUT2D eigenvalue weighted by Gasteiger charge is -2.22. The third-order valence-corrected chi connectivity index (χ3v) is 2.91. The van der Waals surface area contributed by atoms with E-state index in [0.29, 0.717) is 18.2 Å². The van der Waals surface area contributed by atoms with Gasteiger partial charge in [0, 0.05) is 6.04 Å². The van der Waals surface area contributed by atoms with Crippen LogP contribution < -0.4 is 5.32 Å². The molecule has 1 aliphatic heterocycles. The zero-order chi connectivity index (χ0) is 11.5. The van der Waals surface area contributed by atoms with Gasteiger partial charge in [-0.05, 0) is 31.2 Å². The minimum atomic E-state index is -0.430. The quantitative estimate of drug-likeness (QED) is 0.619. The SMILES string of the molecule is Cc1cn(CC2CCCCN2)nc1[N+](=O)[O-]. The second-order valence-electron chi connectivity index (χ2n) is 4.26. The highest BCUT2D eigenvalue weighted by Gasteiger charge is 2.20. The fourth-order valence-electron chi connectivity index (χ4n) is 2.09. The van der Waals surface area contributed by atoms with Crippen LogP contribution in [0.2, 0.25) is 0 Å². The van der Waals surface area contributed by atoms with Gasteiger partial charge in [0.05, 0.1) is 23.4 Å². The zero-order valence-electron chi connectivity index (χ0n) is 9.35. The van der Waals surface area contributed by atoms with Gasteiger partial charge in [-0.25, -0.2) is 0 Å². The maximum atomic E-state index is 10.6. The van der Waals surface area contributed by atoms with Crippen LogP contribution in [0.25, 0.3) is 0 Å². The second kappa shape index (κ2) is 4.61. The van der Waals surface area contributed by atoms with Crippen LogP contribution in [-0.4, -0.2) is 27.3 Å². The van der Waals surface area contributed by atoms with E-state index < -0.39 is 4.92 Å². The molecule has 1 fully saturated rings. The first-order chi connectivity index (χ1) is 7.66. The maximum Gasteiger partial charge on any atom is 0.392 e. The molecule has 1 aliphatic rings. The number of rotatable bonds is 3. The Morgan fingerprint density at radius 2 is 2.50 bits per heavy atom. The van der Waals surface area contributed by atoms with E-state index in [0.717, 1.165) is 13.0 Å².